The second kappa shape index (κ2) is 29.0. The van der Waals surface area contributed by atoms with Gasteiger partial charge in [0.2, 0.25) is 6.29 Å². The molecule has 0 radical (unpaired) electrons. The summed E-state index contributed by atoms with van der Waals surface area (Å²) in [7, 11) is 0. The van der Waals surface area contributed by atoms with Crippen LogP contribution in [0.5, 0.6) is 0 Å². The van der Waals surface area contributed by atoms with Crippen molar-refractivity contribution in [3.05, 3.63) is 11.6 Å². The number of hydrogen-bond donors (Lipinski definition) is 20. The zero-order valence-corrected chi connectivity index (χ0v) is 56.3. The highest BCUT2D eigenvalue weighted by Gasteiger charge is 2.74. The Morgan fingerprint density at radius 3 is 1.55 bits per heavy atom. The van der Waals surface area contributed by atoms with Gasteiger partial charge in [-0.3, -0.25) is 9.59 Å². The summed E-state index contributed by atoms with van der Waals surface area (Å²) in [6, 6.07) is 0. The second-order valence-electron chi connectivity index (χ2n) is 31.2. The minimum atomic E-state index is -2.11. The minimum absolute atomic E-state index is 0.00634. The molecule has 0 unspecified atom stereocenters. The van der Waals surface area contributed by atoms with Crippen LogP contribution in [0.4, 0.5) is 0 Å². The summed E-state index contributed by atoms with van der Waals surface area (Å²) in [5.41, 5.74) is -5.43. The van der Waals surface area contributed by atoms with Gasteiger partial charge in [0.1, 0.15) is 128 Å². The molecule has 0 spiro atoms. The molecular weight excluding hydrogens is 1320 g/mol. The zero-order valence-electron chi connectivity index (χ0n) is 56.3. The molecule has 34 nitrogen and oxygen atoms in total. The van der Waals surface area contributed by atoms with Crippen molar-refractivity contribution in [2.24, 2.45) is 50.2 Å². The average Bonchev–Trinajstić information content (AvgIpc) is 0.672. The fourth-order valence-electron chi connectivity index (χ4n) is 19.3. The predicted molar refractivity (Wildman–Crippen MR) is 324 cm³/mol. The van der Waals surface area contributed by atoms with Crippen molar-refractivity contribution in [3.8, 4) is 0 Å². The summed E-state index contributed by atoms with van der Waals surface area (Å²) in [5, 5.41) is 220. The number of carboxylic acid groups (broad SMARTS) is 1. The second-order valence-corrected chi connectivity index (χ2v) is 31.2. The molecule has 11 rings (SSSR count). The largest absolute Gasteiger partial charge is 0.481 e. The Balaban J connectivity index is 0.810. The molecule has 10 fully saturated rings. The molecule has 0 aromatic rings. The van der Waals surface area contributed by atoms with E-state index in [1.54, 1.807) is 0 Å². The lowest BCUT2D eigenvalue weighted by atomic mass is 9.33. The van der Waals surface area contributed by atoms with E-state index in [0.717, 1.165) is 5.57 Å². The number of aliphatic hydroxyl groups is 19. The lowest BCUT2D eigenvalue weighted by Crippen LogP contribution is -2.71. The normalized spacial score (nSPS) is 54.5. The van der Waals surface area contributed by atoms with E-state index < -0.39 is 268 Å². The van der Waals surface area contributed by atoms with Crippen LogP contribution in [0.15, 0.2) is 11.6 Å². The molecule has 11 aliphatic rings. The van der Waals surface area contributed by atoms with Gasteiger partial charge in [-0.25, -0.2) is 0 Å². The number of fused-ring (bicyclic) bond motifs is 7. The topological polar surface area (TPSA) is 550 Å². The monoisotopic (exact) mass is 1430 g/mol. The van der Waals surface area contributed by atoms with Crippen LogP contribution < -0.4 is 0 Å². The van der Waals surface area contributed by atoms with Gasteiger partial charge < -0.3 is 159 Å². The van der Waals surface area contributed by atoms with E-state index in [2.05, 4.69) is 26.8 Å². The van der Waals surface area contributed by atoms with Gasteiger partial charge in [-0.2, -0.15) is 0 Å². The summed E-state index contributed by atoms with van der Waals surface area (Å²) in [6.45, 7) is 8.92. The van der Waals surface area contributed by atoms with E-state index in [4.69, 9.17) is 56.8 Å². The predicted octanol–water partition coefficient (Wildman–Crippen LogP) is -6.68. The molecule has 568 valence electrons. The number of carbonyl (C=O) groups is 2. The molecule has 4 saturated carbocycles. The highest BCUT2D eigenvalue weighted by Crippen LogP contribution is 2.76. The van der Waals surface area contributed by atoms with Crippen LogP contribution in [0, 0.1) is 50.2 Å². The Labute approximate surface area is 570 Å². The Kier molecular flexibility index (Phi) is 22.7. The van der Waals surface area contributed by atoms with Crippen molar-refractivity contribution in [2.75, 3.05) is 33.0 Å². The first-order valence-electron chi connectivity index (χ1n) is 34.4. The fourth-order valence-corrected chi connectivity index (χ4v) is 19.3. The van der Waals surface area contributed by atoms with Gasteiger partial charge in [-0.05, 0) is 113 Å². The third-order valence-electron chi connectivity index (χ3n) is 25.2. The minimum Gasteiger partial charge on any atom is -0.481 e. The zero-order chi connectivity index (χ0) is 72.5. The maximum absolute atomic E-state index is 15.7. The number of carbonyl (C=O) groups excluding carboxylic acids is 1. The highest BCUT2D eigenvalue weighted by atomic mass is 16.8. The number of ether oxygens (including phenoxy) is 12. The molecule has 6 saturated heterocycles. The average molecular weight is 1430 g/mol. The molecule has 6 heterocycles. The summed E-state index contributed by atoms with van der Waals surface area (Å²) < 4.78 is 71.5. The Bertz CT molecular complexity index is 2840. The summed E-state index contributed by atoms with van der Waals surface area (Å²) in [5.74, 6) is -3.70. The van der Waals surface area contributed by atoms with Crippen LogP contribution in [-0.4, -0.2) is 337 Å². The SMILES string of the molecule is C[C@@H]1O[C@@H](O[C@H]2[C@H](OC(=O)[C@]34CCC(C)(C)C[C@H]3C3=CC[C@@H]5[C@@]6(C)C[C@H](O)[C@H](O[C@@H]7O[C@H](CO)[C@@H](O)[C@H](O)[C@H]7O)[C@@](C)(C(=O)O)[C@@H]6CC[C@@]5(C)[C@]3(CO)CC4)O[C@H](C)[C@H](O)[C@@H]2O)[C@H](O)[C@H](O)[C@H]1O[C@@H]1OC[C@@H](O[C@@H]2O[C@H](CO)[C@H](O)[C@H](O)[C@H]2O)[C@H](O[C@@H]2O[C@H](CO)[C@H](O)[C@H](O)[C@H]2O)[C@H]1O. The van der Waals surface area contributed by atoms with Crippen molar-refractivity contribution in [3.63, 3.8) is 0 Å². The van der Waals surface area contributed by atoms with Gasteiger partial charge in [0.25, 0.3) is 0 Å². The van der Waals surface area contributed by atoms with E-state index in [1.807, 2.05) is 6.92 Å². The van der Waals surface area contributed by atoms with E-state index in [1.165, 1.54) is 20.8 Å². The van der Waals surface area contributed by atoms with Crippen LogP contribution in [0.1, 0.15) is 106 Å². The molecular formula is C65H104O34. The third-order valence-corrected chi connectivity index (χ3v) is 25.2. The van der Waals surface area contributed by atoms with Gasteiger partial charge in [0, 0.05) is 5.41 Å². The van der Waals surface area contributed by atoms with Gasteiger partial charge in [0.15, 0.2) is 37.6 Å². The van der Waals surface area contributed by atoms with Crippen LogP contribution in [0.25, 0.3) is 0 Å². The summed E-state index contributed by atoms with van der Waals surface area (Å²) in [4.78, 5) is 29.5. The van der Waals surface area contributed by atoms with Crippen LogP contribution in [0.3, 0.4) is 0 Å². The number of rotatable bonds is 17. The molecule has 39 atom stereocenters. The van der Waals surface area contributed by atoms with Crippen LogP contribution in [-0.2, 0) is 66.4 Å². The van der Waals surface area contributed by atoms with Crippen molar-refractivity contribution in [2.45, 2.75) is 297 Å². The molecule has 34 heteroatoms. The molecule has 5 aliphatic carbocycles. The van der Waals surface area contributed by atoms with E-state index >= 15 is 4.79 Å². The first-order valence-corrected chi connectivity index (χ1v) is 34.4. The number of allylic oxidation sites excluding steroid dienone is 1. The van der Waals surface area contributed by atoms with Crippen LogP contribution >= 0.6 is 0 Å². The molecule has 0 aromatic carbocycles. The van der Waals surface area contributed by atoms with Gasteiger partial charge in [-0.1, -0.05) is 39.3 Å². The summed E-state index contributed by atoms with van der Waals surface area (Å²) in [6.07, 6.45) is -49.9. The maximum atomic E-state index is 15.7. The van der Waals surface area contributed by atoms with Crippen LogP contribution in [0.2, 0.25) is 0 Å². The lowest BCUT2D eigenvalue weighted by molar-refractivity contribution is -0.391. The first kappa shape index (κ1) is 77.6. The standard InChI is InChI=1S/C65H104O34/c1-23-34(71)41(78)50(97-53-46(83)42(79)48(24(2)90-53)95-52-47(84)49(96-55-44(81)39(76)36(73)29(19-67)92-55)31(21-88-52)94-54-43(80)38(75)35(72)28(18-66)91-54)57(89-23)99-59(87)64-13-12-60(3,4)16-26(64)25-8-9-32-61(5)17-27(70)51(98-56-45(82)40(77)37(74)30(20-68)93-56)63(7,58(85)86)33(61)10-11-62(32,6)65(25,22-69)15-14-64/h8,23-24,26-57,66-84H,9-22H2,1-7H3,(H,85,86)/t23-,24+,26+,27+,28-,29-,30-,31-,32-,33-,34+,35+,36+,37-,38+,39+,40+,41+,42+,43-,44-,45-,46-,47-,48+,49+,50-,51+,52+,53+,54+,55+,56+,57+,61-,62-,63+,64+,65+/m1/s1. The Morgan fingerprint density at radius 2 is 0.990 bits per heavy atom. The Hall–Kier alpha value is -2.52. The van der Waals surface area contributed by atoms with Crippen molar-refractivity contribution in [1.82, 2.24) is 0 Å². The smallest absolute Gasteiger partial charge is 0.315 e. The van der Waals surface area contributed by atoms with Gasteiger partial charge in [0.05, 0.1) is 62.2 Å². The number of aliphatic hydroxyl groups excluding tert-OH is 19. The van der Waals surface area contributed by atoms with E-state index in [-0.39, 0.29) is 43.6 Å². The Morgan fingerprint density at radius 1 is 0.495 bits per heavy atom. The molecule has 0 aromatic heterocycles. The number of carboxylic acids is 1. The number of esters is 1. The molecule has 20 N–H and O–H groups in total. The molecule has 0 bridgehead atoms. The molecule has 0 amide bonds. The van der Waals surface area contributed by atoms with Gasteiger partial charge in [-0.15, -0.1) is 0 Å². The third kappa shape index (κ3) is 13.0. The van der Waals surface area contributed by atoms with E-state index in [0.29, 0.717) is 32.1 Å². The number of aliphatic carboxylic acids is 1. The number of hydrogen-bond acceptors (Lipinski definition) is 33. The van der Waals surface area contributed by atoms with Crippen molar-refractivity contribution >= 4 is 11.9 Å². The quantitative estimate of drug-likeness (QED) is 0.0366. The van der Waals surface area contributed by atoms with Crippen molar-refractivity contribution < 1.29 is 169 Å². The lowest BCUT2D eigenvalue weighted by Gasteiger charge is -2.71. The molecule has 6 aliphatic heterocycles. The van der Waals surface area contributed by atoms with E-state index in [9.17, 15) is 107 Å². The first-order chi connectivity index (χ1) is 46.4. The maximum Gasteiger partial charge on any atom is 0.315 e. The van der Waals surface area contributed by atoms with Gasteiger partial charge >= 0.3 is 11.9 Å². The molecule has 99 heavy (non-hydrogen) atoms. The fraction of sp³-hybridized carbons (Fsp3) is 0.938. The van der Waals surface area contributed by atoms with Crippen molar-refractivity contribution in [1.29, 1.82) is 0 Å². The highest BCUT2D eigenvalue weighted by molar-refractivity contribution is 5.79. The summed E-state index contributed by atoms with van der Waals surface area (Å²) >= 11 is 0.